The fraction of sp³-hybridized carbons (Fsp3) is 0.333. The number of nitrogens with zero attached hydrogens (tertiary/aromatic N) is 1. The molecule has 6 heteroatoms. The highest BCUT2D eigenvalue weighted by Gasteiger charge is 2.26. The Morgan fingerprint density at radius 1 is 0.879 bits per heavy atom. The molecule has 0 saturated carbocycles. The maximum Gasteiger partial charge on any atom is 0.251 e. The van der Waals surface area contributed by atoms with Gasteiger partial charge >= 0.3 is 0 Å². The Kier molecular flexibility index (Phi) is 7.93. The second-order valence-corrected chi connectivity index (χ2v) is 8.44. The molecule has 0 bridgehead atoms. The van der Waals surface area contributed by atoms with Crippen LogP contribution in [0, 0.1) is 0 Å². The highest BCUT2D eigenvalue weighted by molar-refractivity contribution is 5.94. The number of piperidine rings is 1. The van der Waals surface area contributed by atoms with Crippen molar-refractivity contribution in [1.29, 1.82) is 0 Å². The van der Waals surface area contributed by atoms with Crippen LogP contribution in [0.25, 0.3) is 0 Å². The lowest BCUT2D eigenvalue weighted by Gasteiger charge is -2.33. The van der Waals surface area contributed by atoms with Crippen LogP contribution in [-0.2, 0) is 4.79 Å². The molecule has 6 nitrogen and oxygen atoms in total. The number of carbonyl (C=O) groups excluding carboxylic acids is 2. The molecule has 33 heavy (non-hydrogen) atoms. The molecule has 2 unspecified atom stereocenters. The molecule has 1 aromatic heterocycles. The molecule has 2 amide bonds. The van der Waals surface area contributed by atoms with Crippen LogP contribution >= 0.6 is 0 Å². The molecule has 0 spiro atoms. The van der Waals surface area contributed by atoms with Gasteiger partial charge in [-0.25, -0.2) is 0 Å². The van der Waals surface area contributed by atoms with Crippen molar-refractivity contribution < 1.29 is 14.0 Å². The molecule has 0 aliphatic carbocycles. The van der Waals surface area contributed by atoms with Crippen LogP contribution in [0.1, 0.15) is 59.4 Å². The molecule has 2 aromatic carbocycles. The van der Waals surface area contributed by atoms with E-state index in [4.69, 9.17) is 4.42 Å². The van der Waals surface area contributed by atoms with E-state index in [0.29, 0.717) is 12.1 Å². The zero-order chi connectivity index (χ0) is 22.9. The Morgan fingerprint density at radius 2 is 1.58 bits per heavy atom. The van der Waals surface area contributed by atoms with Crippen LogP contribution < -0.4 is 10.6 Å². The number of hydrogen-bond acceptors (Lipinski definition) is 4. The summed E-state index contributed by atoms with van der Waals surface area (Å²) >= 11 is 0. The van der Waals surface area contributed by atoms with Crippen LogP contribution in [-0.4, -0.2) is 36.3 Å². The van der Waals surface area contributed by atoms with Crippen LogP contribution in [0.15, 0.2) is 83.5 Å². The zero-order valence-electron chi connectivity index (χ0n) is 18.8. The van der Waals surface area contributed by atoms with Gasteiger partial charge in [0, 0.05) is 12.1 Å². The molecule has 3 aromatic rings. The van der Waals surface area contributed by atoms with E-state index in [2.05, 4.69) is 15.5 Å². The van der Waals surface area contributed by atoms with Crippen molar-refractivity contribution in [1.82, 2.24) is 15.5 Å². The van der Waals surface area contributed by atoms with E-state index in [1.807, 2.05) is 60.7 Å². The standard InChI is InChI=1S/C27H31N3O3/c31-26(28-20-24(25-15-10-18-33-25)30-16-8-3-9-17-30)19-23(21-11-4-1-5-12-21)29-27(32)22-13-6-2-7-14-22/h1-2,4-7,10-15,18,23-24H,3,8-9,16-17,19-20H2,(H,28,31)(H,29,32). The summed E-state index contributed by atoms with van der Waals surface area (Å²) in [5.74, 6) is 0.569. The van der Waals surface area contributed by atoms with Crippen molar-refractivity contribution in [3.8, 4) is 0 Å². The lowest BCUT2D eigenvalue weighted by atomic mass is 10.0. The van der Waals surface area contributed by atoms with Gasteiger partial charge in [0.25, 0.3) is 5.91 Å². The topological polar surface area (TPSA) is 74.6 Å². The van der Waals surface area contributed by atoms with E-state index >= 15 is 0 Å². The highest BCUT2D eigenvalue weighted by atomic mass is 16.3. The fourth-order valence-corrected chi connectivity index (χ4v) is 4.36. The summed E-state index contributed by atoms with van der Waals surface area (Å²) < 4.78 is 5.68. The monoisotopic (exact) mass is 445 g/mol. The minimum atomic E-state index is -0.420. The lowest BCUT2D eigenvalue weighted by Crippen LogP contribution is -2.41. The van der Waals surface area contributed by atoms with Crippen LogP contribution in [0.3, 0.4) is 0 Å². The molecule has 2 heterocycles. The minimum absolute atomic E-state index is 0.0123. The van der Waals surface area contributed by atoms with Crippen molar-refractivity contribution in [2.75, 3.05) is 19.6 Å². The summed E-state index contributed by atoms with van der Waals surface area (Å²) in [6, 6.07) is 22.1. The predicted octanol–water partition coefficient (Wildman–Crippen LogP) is 4.48. The molecule has 4 rings (SSSR count). The molecule has 172 valence electrons. The average Bonchev–Trinajstić information content (AvgIpc) is 3.40. The van der Waals surface area contributed by atoms with E-state index in [0.717, 1.165) is 37.3 Å². The van der Waals surface area contributed by atoms with Gasteiger partial charge in [0.2, 0.25) is 5.91 Å². The van der Waals surface area contributed by atoms with E-state index < -0.39 is 6.04 Å². The lowest BCUT2D eigenvalue weighted by molar-refractivity contribution is -0.121. The van der Waals surface area contributed by atoms with Crippen molar-refractivity contribution in [2.45, 2.75) is 37.8 Å². The first-order chi connectivity index (χ1) is 16.2. The van der Waals surface area contributed by atoms with E-state index in [9.17, 15) is 9.59 Å². The van der Waals surface area contributed by atoms with E-state index in [1.165, 1.54) is 6.42 Å². The second-order valence-electron chi connectivity index (χ2n) is 8.44. The number of likely N-dealkylation sites (tertiary alicyclic amines) is 1. The number of nitrogens with one attached hydrogen (secondary N) is 2. The van der Waals surface area contributed by atoms with Gasteiger partial charge in [0.1, 0.15) is 5.76 Å². The molecule has 2 N–H and O–H groups in total. The first kappa shape index (κ1) is 22.8. The Balaban J connectivity index is 1.42. The largest absolute Gasteiger partial charge is 0.468 e. The summed E-state index contributed by atoms with van der Waals surface area (Å²) in [4.78, 5) is 28.1. The van der Waals surface area contributed by atoms with Gasteiger partial charge in [-0.2, -0.15) is 0 Å². The third kappa shape index (κ3) is 6.33. The van der Waals surface area contributed by atoms with Gasteiger partial charge in [0.15, 0.2) is 0 Å². The van der Waals surface area contributed by atoms with Crippen molar-refractivity contribution in [2.24, 2.45) is 0 Å². The van der Waals surface area contributed by atoms with Crippen LogP contribution in [0.2, 0.25) is 0 Å². The van der Waals surface area contributed by atoms with Gasteiger partial charge in [-0.05, 0) is 55.8 Å². The van der Waals surface area contributed by atoms with Crippen LogP contribution in [0.4, 0.5) is 0 Å². The van der Waals surface area contributed by atoms with E-state index in [1.54, 1.807) is 18.4 Å². The smallest absolute Gasteiger partial charge is 0.251 e. The molecule has 1 saturated heterocycles. The first-order valence-electron chi connectivity index (χ1n) is 11.7. The Morgan fingerprint density at radius 3 is 2.24 bits per heavy atom. The summed E-state index contributed by atoms with van der Waals surface area (Å²) in [5.41, 5.74) is 1.47. The Bertz CT molecular complexity index is 1000. The number of benzene rings is 2. The third-order valence-electron chi connectivity index (χ3n) is 6.13. The summed E-state index contributed by atoms with van der Waals surface area (Å²) in [6.45, 7) is 2.47. The average molecular weight is 446 g/mol. The number of rotatable bonds is 9. The quantitative estimate of drug-likeness (QED) is 0.509. The van der Waals surface area contributed by atoms with Crippen molar-refractivity contribution in [3.63, 3.8) is 0 Å². The van der Waals surface area contributed by atoms with Gasteiger partial charge < -0.3 is 15.1 Å². The SMILES string of the molecule is O=C(CC(NC(=O)c1ccccc1)c1ccccc1)NCC(c1ccco1)N1CCCCC1. The molecule has 1 fully saturated rings. The van der Waals surface area contributed by atoms with Gasteiger partial charge in [-0.15, -0.1) is 0 Å². The second kappa shape index (κ2) is 11.5. The fourth-order valence-electron chi connectivity index (χ4n) is 4.36. The number of furan rings is 1. The van der Waals surface area contributed by atoms with Gasteiger partial charge in [0.05, 0.1) is 24.8 Å². The summed E-state index contributed by atoms with van der Waals surface area (Å²) in [6.07, 6.45) is 5.40. The highest BCUT2D eigenvalue weighted by Crippen LogP contribution is 2.25. The normalized spacial score (nSPS) is 16.0. The Labute approximate surface area is 195 Å². The molecule has 1 aliphatic rings. The maximum absolute atomic E-state index is 13.0. The number of amides is 2. The summed E-state index contributed by atoms with van der Waals surface area (Å²) in [7, 11) is 0. The number of carbonyl (C=O) groups is 2. The van der Waals surface area contributed by atoms with Gasteiger partial charge in [-0.1, -0.05) is 55.0 Å². The minimum Gasteiger partial charge on any atom is -0.468 e. The summed E-state index contributed by atoms with van der Waals surface area (Å²) in [5, 5.41) is 6.12. The molecule has 0 radical (unpaired) electrons. The Hall–Kier alpha value is -3.38. The van der Waals surface area contributed by atoms with Crippen molar-refractivity contribution in [3.05, 3.63) is 95.9 Å². The van der Waals surface area contributed by atoms with E-state index in [-0.39, 0.29) is 24.3 Å². The third-order valence-corrected chi connectivity index (χ3v) is 6.13. The predicted molar refractivity (Wildman–Crippen MR) is 128 cm³/mol. The van der Waals surface area contributed by atoms with Crippen LogP contribution in [0.5, 0.6) is 0 Å². The maximum atomic E-state index is 13.0. The molecular formula is C27H31N3O3. The molecule has 1 aliphatic heterocycles. The molecule has 2 atom stereocenters. The first-order valence-corrected chi connectivity index (χ1v) is 11.7. The zero-order valence-corrected chi connectivity index (χ0v) is 18.8. The number of hydrogen-bond donors (Lipinski definition) is 2. The van der Waals surface area contributed by atoms with Gasteiger partial charge in [-0.3, -0.25) is 14.5 Å². The molecular weight excluding hydrogens is 414 g/mol. The van der Waals surface area contributed by atoms with Crippen molar-refractivity contribution >= 4 is 11.8 Å².